The molecule has 0 fully saturated rings. The molecule has 28 heavy (non-hydrogen) atoms. The van der Waals surface area contributed by atoms with Gasteiger partial charge in [0, 0.05) is 12.3 Å². The van der Waals surface area contributed by atoms with Crippen molar-refractivity contribution in [3.8, 4) is 5.75 Å². The van der Waals surface area contributed by atoms with Gasteiger partial charge in [0.25, 0.3) is 0 Å². The molecule has 0 aromatic heterocycles. The summed E-state index contributed by atoms with van der Waals surface area (Å²) in [6, 6.07) is 14.9. The molecule has 0 saturated heterocycles. The first-order valence-corrected chi connectivity index (χ1v) is 11.5. The molecule has 0 radical (unpaired) electrons. The molecule has 0 heterocycles. The summed E-state index contributed by atoms with van der Waals surface area (Å²) >= 11 is 0. The van der Waals surface area contributed by atoms with Crippen molar-refractivity contribution in [3.05, 3.63) is 64.7 Å². The van der Waals surface area contributed by atoms with E-state index in [0.717, 1.165) is 29.6 Å². The maximum atomic E-state index is 10.8. The third-order valence-corrected chi connectivity index (χ3v) is 6.32. The molecule has 2 aromatic rings. The number of aryl methyl sites for hydroxylation is 2. The van der Waals surface area contributed by atoms with E-state index in [1.807, 2.05) is 12.1 Å². The quantitative estimate of drug-likeness (QED) is 0.270. The molecule has 3 atom stereocenters. The largest absolute Gasteiger partial charge is 0.485 e. The zero-order valence-electron chi connectivity index (χ0n) is 17.0. The van der Waals surface area contributed by atoms with Crippen molar-refractivity contribution >= 4 is 15.5 Å². The lowest BCUT2D eigenvalue weighted by atomic mass is 9.79. The molecule has 1 aliphatic carbocycles. The van der Waals surface area contributed by atoms with Crippen molar-refractivity contribution in [2.75, 3.05) is 6.16 Å². The van der Waals surface area contributed by atoms with E-state index in [2.05, 4.69) is 46.5 Å². The lowest BCUT2D eigenvalue weighted by Crippen LogP contribution is -2.25. The van der Waals surface area contributed by atoms with E-state index >= 15 is 0 Å². The van der Waals surface area contributed by atoms with E-state index in [-0.39, 0.29) is 6.10 Å². The molecule has 2 unspecified atom stereocenters. The van der Waals surface area contributed by atoms with Crippen molar-refractivity contribution in [2.24, 2.45) is 5.92 Å². The number of hydrogen-bond donors (Lipinski definition) is 0. The number of carbonyl (C=O) groups is 1. The Bertz CT molecular complexity index is 771. The normalized spacial score (nSPS) is 18.5. The Morgan fingerprint density at radius 2 is 1.93 bits per heavy atom. The van der Waals surface area contributed by atoms with Crippen molar-refractivity contribution in [3.63, 3.8) is 0 Å². The molecule has 2 aromatic carbocycles. The molecular formula is C25H33O2P. The average molecular weight is 397 g/mol. The maximum absolute atomic E-state index is 10.8. The Morgan fingerprint density at radius 1 is 1.11 bits per heavy atom. The second-order valence-electron chi connectivity index (χ2n) is 8.00. The van der Waals surface area contributed by atoms with Gasteiger partial charge in [-0.15, -0.1) is 9.24 Å². The van der Waals surface area contributed by atoms with Gasteiger partial charge in [0.15, 0.2) is 0 Å². The highest BCUT2D eigenvalue weighted by molar-refractivity contribution is 7.16. The summed E-state index contributed by atoms with van der Waals surface area (Å²) in [5.41, 5.74) is 4.96. The molecule has 2 nitrogen and oxygen atoms in total. The third kappa shape index (κ3) is 5.45. The number of aldehydes is 1. The van der Waals surface area contributed by atoms with Crippen molar-refractivity contribution < 1.29 is 9.53 Å². The SMILES string of the molecule is Cc1cc(CC=O)ccc1O[C@H]1c2ccccc2CCC1CCCCCCP. The molecule has 150 valence electrons. The predicted octanol–water partition coefficient (Wildman–Crippen LogP) is 6.24. The van der Waals surface area contributed by atoms with Crippen molar-refractivity contribution in [1.82, 2.24) is 0 Å². The fourth-order valence-corrected chi connectivity index (χ4v) is 4.64. The molecule has 0 aliphatic heterocycles. The van der Waals surface area contributed by atoms with E-state index in [1.165, 1.54) is 55.8 Å². The summed E-state index contributed by atoms with van der Waals surface area (Å²) in [6.45, 7) is 2.08. The molecule has 1 aliphatic rings. The highest BCUT2D eigenvalue weighted by Gasteiger charge is 2.31. The molecule has 3 heteroatoms. The van der Waals surface area contributed by atoms with E-state index in [1.54, 1.807) is 0 Å². The average Bonchev–Trinajstić information content (AvgIpc) is 2.71. The van der Waals surface area contributed by atoms with Crippen LogP contribution in [0.2, 0.25) is 0 Å². The Kier molecular flexibility index (Phi) is 8.10. The van der Waals surface area contributed by atoms with Crippen LogP contribution in [0, 0.1) is 12.8 Å². The van der Waals surface area contributed by atoms with E-state index in [4.69, 9.17) is 4.74 Å². The van der Waals surface area contributed by atoms with Crippen LogP contribution in [-0.2, 0) is 17.6 Å². The Labute approximate surface area is 172 Å². The van der Waals surface area contributed by atoms with Gasteiger partial charge in [0.1, 0.15) is 18.1 Å². The van der Waals surface area contributed by atoms with Gasteiger partial charge in [-0.1, -0.05) is 55.7 Å². The summed E-state index contributed by atoms with van der Waals surface area (Å²) < 4.78 is 6.64. The Morgan fingerprint density at radius 3 is 2.71 bits per heavy atom. The molecular weight excluding hydrogens is 363 g/mol. The fourth-order valence-electron chi connectivity index (χ4n) is 4.35. The summed E-state index contributed by atoms with van der Waals surface area (Å²) in [5.74, 6) is 1.52. The van der Waals surface area contributed by atoms with Gasteiger partial charge in [0.2, 0.25) is 0 Å². The summed E-state index contributed by atoms with van der Waals surface area (Å²) in [7, 11) is 2.83. The van der Waals surface area contributed by atoms with Crippen LogP contribution in [-0.4, -0.2) is 12.4 Å². The number of fused-ring (bicyclic) bond motifs is 1. The molecule has 0 amide bonds. The van der Waals surface area contributed by atoms with Gasteiger partial charge in [-0.05, 0) is 67.1 Å². The minimum absolute atomic E-state index is 0.127. The predicted molar refractivity (Wildman–Crippen MR) is 120 cm³/mol. The van der Waals surface area contributed by atoms with E-state index in [9.17, 15) is 4.79 Å². The van der Waals surface area contributed by atoms with E-state index < -0.39 is 0 Å². The number of ether oxygens (including phenoxy) is 1. The second-order valence-corrected chi connectivity index (χ2v) is 8.58. The molecule has 0 spiro atoms. The van der Waals surface area contributed by atoms with Gasteiger partial charge >= 0.3 is 0 Å². The van der Waals surface area contributed by atoms with Gasteiger partial charge in [-0.2, -0.15) is 0 Å². The second kappa shape index (κ2) is 10.8. The zero-order valence-corrected chi connectivity index (χ0v) is 18.2. The first-order valence-electron chi connectivity index (χ1n) is 10.7. The monoisotopic (exact) mass is 396 g/mol. The molecule has 0 bridgehead atoms. The van der Waals surface area contributed by atoms with Crippen molar-refractivity contribution in [1.29, 1.82) is 0 Å². The Balaban J connectivity index is 1.76. The van der Waals surface area contributed by atoms with Crippen LogP contribution >= 0.6 is 9.24 Å². The maximum Gasteiger partial charge on any atom is 0.127 e. The number of carbonyl (C=O) groups excluding carboxylic acids is 1. The lowest BCUT2D eigenvalue weighted by Gasteiger charge is -2.34. The van der Waals surface area contributed by atoms with E-state index in [0.29, 0.717) is 12.3 Å². The minimum Gasteiger partial charge on any atom is -0.485 e. The molecule has 0 N–H and O–H groups in total. The first kappa shape index (κ1) is 21.1. The van der Waals surface area contributed by atoms with Gasteiger partial charge < -0.3 is 9.53 Å². The third-order valence-electron chi connectivity index (χ3n) is 5.92. The smallest absolute Gasteiger partial charge is 0.127 e. The summed E-state index contributed by atoms with van der Waals surface area (Å²) in [6.07, 6.45) is 11.6. The number of hydrogen-bond acceptors (Lipinski definition) is 2. The summed E-state index contributed by atoms with van der Waals surface area (Å²) in [5, 5.41) is 0. The minimum atomic E-state index is 0.127. The van der Waals surface area contributed by atoms with Crippen LogP contribution in [0.3, 0.4) is 0 Å². The molecule has 0 saturated carbocycles. The lowest BCUT2D eigenvalue weighted by molar-refractivity contribution is -0.107. The first-order chi connectivity index (χ1) is 13.7. The van der Waals surface area contributed by atoms with Gasteiger partial charge in [-0.3, -0.25) is 0 Å². The topological polar surface area (TPSA) is 26.3 Å². The van der Waals surface area contributed by atoms with Crippen molar-refractivity contribution in [2.45, 2.75) is 64.4 Å². The standard InChI is InChI=1S/C25H33O2P/c1-19-18-20(15-16-26)11-14-24(19)27-25-22(9-4-2-3-7-17-28)13-12-21-8-5-6-10-23(21)25/h5-6,8,10-11,14,16,18,22,25H,2-4,7,9,12-13,15,17,28H2,1H3/t22?,25-/m1/s1. The fraction of sp³-hybridized carbons (Fsp3) is 0.480. The van der Waals surface area contributed by atoms with Crippen LogP contribution < -0.4 is 4.74 Å². The zero-order chi connectivity index (χ0) is 19.8. The van der Waals surface area contributed by atoms with Crippen LogP contribution in [0.15, 0.2) is 42.5 Å². The highest BCUT2D eigenvalue weighted by Crippen LogP contribution is 2.41. The number of unbranched alkanes of at least 4 members (excludes halogenated alkanes) is 3. The number of rotatable bonds is 10. The van der Waals surface area contributed by atoms with Crippen LogP contribution in [0.5, 0.6) is 5.75 Å². The number of benzene rings is 2. The van der Waals surface area contributed by atoms with Gasteiger partial charge in [0.05, 0.1) is 0 Å². The summed E-state index contributed by atoms with van der Waals surface area (Å²) in [4.78, 5) is 10.8. The highest BCUT2D eigenvalue weighted by atomic mass is 31.0. The van der Waals surface area contributed by atoms with Crippen LogP contribution in [0.25, 0.3) is 0 Å². The molecule has 3 rings (SSSR count). The van der Waals surface area contributed by atoms with Crippen LogP contribution in [0.1, 0.15) is 66.9 Å². The van der Waals surface area contributed by atoms with Gasteiger partial charge in [-0.25, -0.2) is 0 Å². The Hall–Kier alpha value is -1.66. The van der Waals surface area contributed by atoms with Crippen LogP contribution in [0.4, 0.5) is 0 Å².